The van der Waals surface area contributed by atoms with Crippen molar-refractivity contribution in [1.82, 2.24) is 19.7 Å². The molecule has 8 nitrogen and oxygen atoms in total. The van der Waals surface area contributed by atoms with Crippen LogP contribution in [0.2, 0.25) is 0 Å². The highest BCUT2D eigenvalue weighted by Gasteiger charge is 2.44. The first kappa shape index (κ1) is 20.0. The van der Waals surface area contributed by atoms with Gasteiger partial charge in [-0.15, -0.1) is 0 Å². The fourth-order valence-corrected chi connectivity index (χ4v) is 5.08. The summed E-state index contributed by atoms with van der Waals surface area (Å²) in [5.74, 6) is 0.998. The third-order valence-electron chi connectivity index (χ3n) is 5.85. The van der Waals surface area contributed by atoms with Crippen LogP contribution in [0, 0.1) is 0 Å². The summed E-state index contributed by atoms with van der Waals surface area (Å²) in [6.45, 7) is 0. The van der Waals surface area contributed by atoms with Crippen LogP contribution in [-0.4, -0.2) is 37.2 Å². The molecular weight excluding hydrogens is 438 g/mol. The zero-order chi connectivity index (χ0) is 22.3. The molecule has 1 aliphatic carbocycles. The second kappa shape index (κ2) is 8.08. The van der Waals surface area contributed by atoms with Crippen LogP contribution in [0.25, 0.3) is 16.7 Å². The van der Waals surface area contributed by atoms with Gasteiger partial charge in [-0.2, -0.15) is 5.10 Å². The Kier molecular flexibility index (Phi) is 4.91. The van der Waals surface area contributed by atoms with E-state index in [0.717, 1.165) is 42.5 Å². The van der Waals surface area contributed by atoms with Gasteiger partial charge in [0.15, 0.2) is 17.1 Å². The Labute approximate surface area is 194 Å². The van der Waals surface area contributed by atoms with E-state index in [1.165, 1.54) is 18.1 Å². The molecule has 0 unspecified atom stereocenters. The molecule has 0 atom stereocenters. The highest BCUT2D eigenvalue weighted by Crippen LogP contribution is 2.47. The fraction of sp³-hybridized carbons (Fsp3) is 0.250. The lowest BCUT2D eigenvalue weighted by molar-refractivity contribution is -0.113. The minimum Gasteiger partial charge on any atom is -0.448 e. The molecule has 4 aromatic rings. The average Bonchev–Trinajstić information content (AvgIpc) is 3.56. The Bertz CT molecular complexity index is 1330. The van der Waals surface area contributed by atoms with Gasteiger partial charge >= 0.3 is 0 Å². The molecule has 6 rings (SSSR count). The van der Waals surface area contributed by atoms with Crippen LogP contribution in [0.5, 0.6) is 11.5 Å². The summed E-state index contributed by atoms with van der Waals surface area (Å²) in [5, 5.41) is 8.92. The molecule has 0 bridgehead atoms. The van der Waals surface area contributed by atoms with Gasteiger partial charge in [0.05, 0.1) is 23.0 Å². The van der Waals surface area contributed by atoms with Gasteiger partial charge < -0.3 is 14.8 Å². The van der Waals surface area contributed by atoms with E-state index in [-0.39, 0.29) is 11.7 Å². The van der Waals surface area contributed by atoms with Gasteiger partial charge in [-0.05, 0) is 37.1 Å². The first-order valence-electron chi connectivity index (χ1n) is 10.9. The van der Waals surface area contributed by atoms with Crippen LogP contribution >= 0.6 is 11.8 Å². The smallest absolute Gasteiger partial charge is 0.251 e. The van der Waals surface area contributed by atoms with Crippen LogP contribution in [-0.2, 0) is 4.79 Å². The largest absolute Gasteiger partial charge is 0.448 e. The van der Waals surface area contributed by atoms with E-state index in [4.69, 9.17) is 9.47 Å². The second-order valence-corrected chi connectivity index (χ2v) is 9.09. The molecule has 1 amide bonds. The van der Waals surface area contributed by atoms with E-state index in [9.17, 15) is 4.79 Å². The number of fused-ring (bicyclic) bond motifs is 2. The number of rotatable bonds is 5. The van der Waals surface area contributed by atoms with E-state index in [0.29, 0.717) is 22.1 Å². The number of hydrogen-bond acceptors (Lipinski definition) is 7. The van der Waals surface area contributed by atoms with Gasteiger partial charge in [-0.3, -0.25) is 4.79 Å². The molecule has 0 radical (unpaired) electrons. The number of aromatic nitrogens is 4. The maximum Gasteiger partial charge on any atom is 0.251 e. The summed E-state index contributed by atoms with van der Waals surface area (Å²) in [6, 6.07) is 15.3. The molecule has 2 aliphatic rings. The predicted octanol–water partition coefficient (Wildman–Crippen LogP) is 4.59. The predicted molar refractivity (Wildman–Crippen MR) is 125 cm³/mol. The van der Waals surface area contributed by atoms with Gasteiger partial charge in [0.2, 0.25) is 5.91 Å². The number of nitrogens with one attached hydrogen (secondary N) is 1. The van der Waals surface area contributed by atoms with Crippen molar-refractivity contribution in [2.24, 2.45) is 0 Å². The molecule has 9 heteroatoms. The van der Waals surface area contributed by atoms with E-state index in [2.05, 4.69) is 20.4 Å². The SMILES string of the molecule is O=C(CSc1ncnc2c1cnn2-c1ccccc1)Nc1ccc2c(c1)OC1(CCCC1)O2. The topological polar surface area (TPSA) is 91.2 Å². The van der Waals surface area contributed by atoms with Crippen LogP contribution < -0.4 is 14.8 Å². The highest BCUT2D eigenvalue weighted by molar-refractivity contribution is 8.00. The summed E-state index contributed by atoms with van der Waals surface area (Å²) in [4.78, 5) is 21.4. The summed E-state index contributed by atoms with van der Waals surface area (Å²) in [5.41, 5.74) is 2.31. The van der Waals surface area contributed by atoms with Gasteiger partial charge in [0.1, 0.15) is 11.4 Å². The molecule has 33 heavy (non-hydrogen) atoms. The van der Waals surface area contributed by atoms with E-state index < -0.39 is 5.79 Å². The fourth-order valence-electron chi connectivity index (χ4n) is 4.32. The molecule has 2 aromatic carbocycles. The Hall–Kier alpha value is -3.59. The standard InChI is InChI=1S/C24H21N5O3S/c30-21(28-16-8-9-19-20(12-16)32-24(31-19)10-4-5-11-24)14-33-23-18-13-27-29(22(18)25-15-26-23)17-6-2-1-3-7-17/h1-3,6-9,12-13,15H,4-5,10-11,14H2,(H,28,30). The van der Waals surface area contributed by atoms with Crippen LogP contribution in [0.15, 0.2) is 66.1 Å². The monoisotopic (exact) mass is 459 g/mol. The van der Waals surface area contributed by atoms with Crippen molar-refractivity contribution in [3.05, 3.63) is 61.1 Å². The molecule has 3 heterocycles. The lowest BCUT2D eigenvalue weighted by atomic mass is 10.2. The van der Waals surface area contributed by atoms with Crippen molar-refractivity contribution in [3.63, 3.8) is 0 Å². The lowest BCUT2D eigenvalue weighted by Gasteiger charge is -2.21. The number of nitrogens with zero attached hydrogens (tertiary/aromatic N) is 4. The number of benzene rings is 2. The van der Waals surface area contributed by atoms with Gasteiger partial charge in [-0.1, -0.05) is 30.0 Å². The quantitative estimate of drug-likeness (QED) is 0.345. The average molecular weight is 460 g/mol. The molecule has 1 fully saturated rings. The number of ether oxygens (including phenoxy) is 2. The van der Waals surface area contributed by atoms with Crippen molar-refractivity contribution >= 4 is 34.4 Å². The summed E-state index contributed by atoms with van der Waals surface area (Å²) >= 11 is 1.35. The molecule has 0 saturated heterocycles. The Balaban J connectivity index is 1.14. The summed E-state index contributed by atoms with van der Waals surface area (Å²) in [6.07, 6.45) is 7.24. The van der Waals surface area contributed by atoms with Gasteiger partial charge in [0, 0.05) is 24.6 Å². The Morgan fingerprint density at radius 3 is 2.73 bits per heavy atom. The van der Waals surface area contributed by atoms with Gasteiger partial charge in [0.25, 0.3) is 5.79 Å². The van der Waals surface area contributed by atoms with Crippen molar-refractivity contribution in [2.75, 3.05) is 11.1 Å². The molecule has 1 saturated carbocycles. The third kappa shape index (κ3) is 3.78. The number of hydrogen-bond donors (Lipinski definition) is 1. The number of anilines is 1. The van der Waals surface area contributed by atoms with E-state index >= 15 is 0 Å². The number of carbonyl (C=O) groups is 1. The molecule has 1 aliphatic heterocycles. The van der Waals surface area contributed by atoms with Crippen molar-refractivity contribution in [3.8, 4) is 17.2 Å². The second-order valence-electron chi connectivity index (χ2n) is 8.13. The zero-order valence-electron chi connectivity index (χ0n) is 17.7. The maximum absolute atomic E-state index is 12.6. The normalized spacial score (nSPS) is 15.9. The maximum atomic E-state index is 12.6. The zero-order valence-corrected chi connectivity index (χ0v) is 18.5. The van der Waals surface area contributed by atoms with Crippen LogP contribution in [0.3, 0.4) is 0 Å². The number of thioether (sulfide) groups is 1. The number of para-hydroxylation sites is 1. The van der Waals surface area contributed by atoms with E-state index in [1.807, 2.05) is 48.5 Å². The van der Waals surface area contributed by atoms with Gasteiger partial charge in [-0.25, -0.2) is 14.6 Å². The molecule has 1 spiro atoms. The third-order valence-corrected chi connectivity index (χ3v) is 6.86. The highest BCUT2D eigenvalue weighted by atomic mass is 32.2. The molecule has 166 valence electrons. The summed E-state index contributed by atoms with van der Waals surface area (Å²) < 4.78 is 13.9. The molecule has 2 aromatic heterocycles. The number of carbonyl (C=O) groups excluding carboxylic acids is 1. The van der Waals surface area contributed by atoms with Crippen LogP contribution in [0.1, 0.15) is 25.7 Å². The lowest BCUT2D eigenvalue weighted by Crippen LogP contribution is -2.34. The Morgan fingerprint density at radius 1 is 1.06 bits per heavy atom. The van der Waals surface area contributed by atoms with Crippen LogP contribution in [0.4, 0.5) is 5.69 Å². The first-order valence-corrected chi connectivity index (χ1v) is 11.9. The van der Waals surface area contributed by atoms with Crippen molar-refractivity contribution < 1.29 is 14.3 Å². The molecule has 1 N–H and O–H groups in total. The first-order chi connectivity index (χ1) is 16.2. The summed E-state index contributed by atoms with van der Waals surface area (Å²) in [7, 11) is 0. The molecular formula is C24H21N5O3S. The Morgan fingerprint density at radius 2 is 1.88 bits per heavy atom. The van der Waals surface area contributed by atoms with E-state index in [1.54, 1.807) is 10.9 Å². The minimum atomic E-state index is -0.511. The van der Waals surface area contributed by atoms with Crippen molar-refractivity contribution in [2.45, 2.75) is 36.5 Å². The minimum absolute atomic E-state index is 0.128. The number of amides is 1. The van der Waals surface area contributed by atoms with Crippen molar-refractivity contribution in [1.29, 1.82) is 0 Å².